The van der Waals surface area contributed by atoms with Crippen LogP contribution in [0.15, 0.2) is 18.2 Å². The van der Waals surface area contributed by atoms with Gasteiger partial charge in [0, 0.05) is 12.6 Å². The molecule has 2 N–H and O–H groups in total. The maximum atomic E-state index is 9.03. The predicted octanol–water partition coefficient (Wildman–Crippen LogP) is 2.03. The Morgan fingerprint density at radius 2 is 2.44 bits per heavy atom. The van der Waals surface area contributed by atoms with Crippen LogP contribution in [0.2, 0.25) is 0 Å². The van der Waals surface area contributed by atoms with Gasteiger partial charge in [0.15, 0.2) is 0 Å². The summed E-state index contributed by atoms with van der Waals surface area (Å²) in [7, 11) is 0. The zero-order valence-electron chi connectivity index (χ0n) is 9.59. The number of anilines is 1. The minimum absolute atomic E-state index is 0.547. The molecule has 2 rings (SSSR count). The molecule has 16 heavy (non-hydrogen) atoms. The maximum absolute atomic E-state index is 9.03. The van der Waals surface area contributed by atoms with Crippen LogP contribution < -0.4 is 10.6 Å². The van der Waals surface area contributed by atoms with Gasteiger partial charge in [-0.25, -0.2) is 0 Å². The third kappa shape index (κ3) is 2.34. The molecule has 1 unspecified atom stereocenters. The van der Waals surface area contributed by atoms with Gasteiger partial charge in [-0.05, 0) is 37.9 Å². The van der Waals surface area contributed by atoms with Crippen molar-refractivity contribution in [3.8, 4) is 6.07 Å². The summed E-state index contributed by atoms with van der Waals surface area (Å²) in [5.74, 6) is 0. The van der Waals surface area contributed by atoms with Crippen LogP contribution >= 0.6 is 0 Å². The first-order chi connectivity index (χ1) is 7.81. The van der Waals surface area contributed by atoms with Crippen LogP contribution in [0.3, 0.4) is 0 Å². The van der Waals surface area contributed by atoms with Gasteiger partial charge in [-0.15, -0.1) is 0 Å². The molecule has 0 amide bonds. The van der Waals surface area contributed by atoms with Gasteiger partial charge < -0.3 is 10.6 Å². The minimum atomic E-state index is 0.547. The SMILES string of the molecule is Cc1cccc(C#N)c1NCC1CCCN1. The van der Waals surface area contributed by atoms with Gasteiger partial charge in [0.25, 0.3) is 0 Å². The highest BCUT2D eigenvalue weighted by Crippen LogP contribution is 2.20. The highest BCUT2D eigenvalue weighted by atomic mass is 15.0. The molecule has 1 aromatic carbocycles. The minimum Gasteiger partial charge on any atom is -0.382 e. The zero-order valence-corrected chi connectivity index (χ0v) is 9.59. The molecule has 1 atom stereocenters. The number of nitrogens with one attached hydrogen (secondary N) is 2. The van der Waals surface area contributed by atoms with Gasteiger partial charge in [-0.3, -0.25) is 0 Å². The van der Waals surface area contributed by atoms with E-state index in [1.54, 1.807) is 0 Å². The van der Waals surface area contributed by atoms with E-state index in [4.69, 9.17) is 5.26 Å². The van der Waals surface area contributed by atoms with Crippen molar-refractivity contribution >= 4 is 5.69 Å². The average Bonchev–Trinajstić information content (AvgIpc) is 2.80. The van der Waals surface area contributed by atoms with E-state index in [2.05, 4.69) is 16.7 Å². The summed E-state index contributed by atoms with van der Waals surface area (Å²) < 4.78 is 0. The largest absolute Gasteiger partial charge is 0.382 e. The quantitative estimate of drug-likeness (QED) is 0.811. The Labute approximate surface area is 96.5 Å². The number of rotatable bonds is 3. The molecule has 0 aliphatic carbocycles. The van der Waals surface area contributed by atoms with Crippen molar-refractivity contribution in [2.45, 2.75) is 25.8 Å². The van der Waals surface area contributed by atoms with E-state index in [9.17, 15) is 0 Å². The van der Waals surface area contributed by atoms with Gasteiger partial charge in [-0.2, -0.15) is 5.26 Å². The summed E-state index contributed by atoms with van der Waals surface area (Å²) in [5, 5.41) is 15.9. The van der Waals surface area contributed by atoms with Gasteiger partial charge in [0.2, 0.25) is 0 Å². The molecule has 1 saturated heterocycles. The fraction of sp³-hybridized carbons (Fsp3) is 0.462. The van der Waals surface area contributed by atoms with Crippen molar-refractivity contribution in [1.29, 1.82) is 5.26 Å². The normalized spacial score (nSPS) is 19.4. The molecule has 3 nitrogen and oxygen atoms in total. The number of hydrogen-bond acceptors (Lipinski definition) is 3. The molecular formula is C13H17N3. The predicted molar refractivity (Wildman–Crippen MR) is 65.4 cm³/mol. The van der Waals surface area contributed by atoms with Gasteiger partial charge in [0.05, 0.1) is 11.3 Å². The number of aryl methyl sites for hydroxylation is 1. The van der Waals surface area contributed by atoms with Crippen LogP contribution in [0.5, 0.6) is 0 Å². The van der Waals surface area contributed by atoms with Gasteiger partial charge >= 0.3 is 0 Å². The first-order valence-electron chi connectivity index (χ1n) is 5.78. The van der Waals surface area contributed by atoms with Crippen molar-refractivity contribution in [3.63, 3.8) is 0 Å². The molecule has 0 radical (unpaired) electrons. The Morgan fingerprint density at radius 1 is 1.56 bits per heavy atom. The fourth-order valence-electron chi connectivity index (χ4n) is 2.15. The molecule has 0 saturated carbocycles. The van der Waals surface area contributed by atoms with Crippen molar-refractivity contribution in [1.82, 2.24) is 5.32 Å². The highest BCUT2D eigenvalue weighted by Gasteiger charge is 2.14. The summed E-state index contributed by atoms with van der Waals surface area (Å²) in [6.07, 6.45) is 2.48. The monoisotopic (exact) mass is 215 g/mol. The summed E-state index contributed by atoms with van der Waals surface area (Å²) >= 11 is 0. The smallest absolute Gasteiger partial charge is 0.101 e. The van der Waals surface area contributed by atoms with E-state index in [0.717, 1.165) is 29.9 Å². The molecule has 84 valence electrons. The third-order valence-corrected chi connectivity index (χ3v) is 3.08. The molecule has 0 bridgehead atoms. The summed E-state index contributed by atoms with van der Waals surface area (Å²) in [6.45, 7) is 4.05. The number of nitrogens with zero attached hydrogens (tertiary/aromatic N) is 1. The first-order valence-corrected chi connectivity index (χ1v) is 5.78. The molecule has 1 fully saturated rings. The number of para-hydroxylation sites is 1. The lowest BCUT2D eigenvalue weighted by Gasteiger charge is -2.15. The van der Waals surface area contributed by atoms with Crippen molar-refractivity contribution in [2.75, 3.05) is 18.4 Å². The Hall–Kier alpha value is -1.53. The summed E-state index contributed by atoms with van der Waals surface area (Å²) in [6, 6.07) is 8.59. The van der Waals surface area contributed by atoms with Crippen LogP contribution in [0.1, 0.15) is 24.0 Å². The average molecular weight is 215 g/mol. The topological polar surface area (TPSA) is 47.9 Å². The molecular weight excluding hydrogens is 198 g/mol. The second-order valence-electron chi connectivity index (χ2n) is 4.28. The van der Waals surface area contributed by atoms with E-state index >= 15 is 0 Å². The summed E-state index contributed by atoms with van der Waals surface area (Å²) in [5.41, 5.74) is 2.86. The maximum Gasteiger partial charge on any atom is 0.101 e. The lowest BCUT2D eigenvalue weighted by Crippen LogP contribution is -2.29. The number of benzene rings is 1. The van der Waals surface area contributed by atoms with Gasteiger partial charge in [0.1, 0.15) is 6.07 Å². The van der Waals surface area contributed by atoms with E-state index in [1.165, 1.54) is 12.8 Å². The number of hydrogen-bond donors (Lipinski definition) is 2. The molecule has 0 aromatic heterocycles. The van der Waals surface area contributed by atoms with Crippen LogP contribution in [-0.2, 0) is 0 Å². The molecule has 1 aromatic rings. The fourth-order valence-corrected chi connectivity index (χ4v) is 2.15. The number of nitriles is 1. The zero-order chi connectivity index (χ0) is 11.4. The molecule has 0 spiro atoms. The van der Waals surface area contributed by atoms with Crippen molar-refractivity contribution < 1.29 is 0 Å². The Bertz CT molecular complexity index is 400. The van der Waals surface area contributed by atoms with Crippen LogP contribution in [0.25, 0.3) is 0 Å². The van der Waals surface area contributed by atoms with E-state index in [0.29, 0.717) is 6.04 Å². The van der Waals surface area contributed by atoms with E-state index < -0.39 is 0 Å². The summed E-state index contributed by atoms with van der Waals surface area (Å²) in [4.78, 5) is 0. The Morgan fingerprint density at radius 3 is 3.12 bits per heavy atom. The lowest BCUT2D eigenvalue weighted by molar-refractivity contribution is 0.633. The molecule has 1 heterocycles. The highest BCUT2D eigenvalue weighted by molar-refractivity contribution is 5.62. The van der Waals surface area contributed by atoms with Gasteiger partial charge in [-0.1, -0.05) is 12.1 Å². The van der Waals surface area contributed by atoms with Crippen molar-refractivity contribution in [3.05, 3.63) is 29.3 Å². The third-order valence-electron chi connectivity index (χ3n) is 3.08. The van der Waals surface area contributed by atoms with Crippen LogP contribution in [-0.4, -0.2) is 19.1 Å². The molecule has 3 heteroatoms. The van der Waals surface area contributed by atoms with Crippen LogP contribution in [0, 0.1) is 18.3 Å². The molecule has 1 aliphatic rings. The van der Waals surface area contributed by atoms with E-state index in [1.807, 2.05) is 25.1 Å². The van der Waals surface area contributed by atoms with E-state index in [-0.39, 0.29) is 0 Å². The van der Waals surface area contributed by atoms with Crippen molar-refractivity contribution in [2.24, 2.45) is 0 Å². The standard InChI is InChI=1S/C13H17N3/c1-10-4-2-5-11(8-14)13(10)16-9-12-6-3-7-15-12/h2,4-5,12,15-16H,3,6-7,9H2,1H3. The molecule has 1 aliphatic heterocycles. The second kappa shape index (κ2) is 5.00. The Kier molecular flexibility index (Phi) is 3.43. The van der Waals surface area contributed by atoms with Crippen LogP contribution in [0.4, 0.5) is 5.69 Å². The first kappa shape index (κ1) is 11.0. The second-order valence-corrected chi connectivity index (χ2v) is 4.28. The lowest BCUT2D eigenvalue weighted by atomic mass is 10.1. The Balaban J connectivity index is 2.05.